The number of anilines is 1. The van der Waals surface area contributed by atoms with Gasteiger partial charge in [0.15, 0.2) is 0 Å². The second-order valence-electron chi connectivity index (χ2n) is 9.20. The SMILES string of the molecule is O=C1CN(S(=O)(=O)C2=Cc3ccccc3OC2)CC2OC3(CCN(c4ccncc4)CC3)CN12. The lowest BCUT2D eigenvalue weighted by Gasteiger charge is -2.39. The van der Waals surface area contributed by atoms with Gasteiger partial charge >= 0.3 is 0 Å². The summed E-state index contributed by atoms with van der Waals surface area (Å²) in [5.74, 6) is 0.438. The summed E-state index contributed by atoms with van der Waals surface area (Å²) in [6, 6.07) is 11.3. The lowest BCUT2D eigenvalue weighted by Crippen LogP contribution is -2.56. The molecule has 5 heterocycles. The first-order valence-electron chi connectivity index (χ1n) is 11.5. The summed E-state index contributed by atoms with van der Waals surface area (Å²) >= 11 is 0. The van der Waals surface area contributed by atoms with Crippen molar-refractivity contribution in [1.29, 1.82) is 0 Å². The molecule has 0 aliphatic carbocycles. The molecule has 0 bridgehead atoms. The summed E-state index contributed by atoms with van der Waals surface area (Å²) in [6.07, 6.45) is 6.18. The van der Waals surface area contributed by atoms with Crippen LogP contribution in [0.1, 0.15) is 18.4 Å². The van der Waals surface area contributed by atoms with Gasteiger partial charge in [0.1, 0.15) is 18.6 Å². The third kappa shape index (κ3) is 3.66. The molecule has 0 N–H and O–H groups in total. The fourth-order valence-corrected chi connectivity index (χ4v) is 6.68. The molecule has 1 amide bonds. The van der Waals surface area contributed by atoms with E-state index in [0.717, 1.165) is 31.6 Å². The minimum Gasteiger partial charge on any atom is -0.487 e. The summed E-state index contributed by atoms with van der Waals surface area (Å²) in [5.41, 5.74) is 1.41. The van der Waals surface area contributed by atoms with Gasteiger partial charge in [0.05, 0.1) is 30.1 Å². The fourth-order valence-electron chi connectivity index (χ4n) is 5.26. The molecule has 9 nitrogen and oxygen atoms in total. The zero-order valence-corrected chi connectivity index (χ0v) is 19.5. The maximum atomic E-state index is 13.4. The van der Waals surface area contributed by atoms with Gasteiger partial charge < -0.3 is 19.3 Å². The number of carbonyl (C=O) groups is 1. The number of carbonyl (C=O) groups excluding carboxylic acids is 1. The summed E-state index contributed by atoms with van der Waals surface area (Å²) < 4.78 is 40.1. The summed E-state index contributed by atoms with van der Waals surface area (Å²) in [6.45, 7) is 2.03. The summed E-state index contributed by atoms with van der Waals surface area (Å²) in [5, 5.41) is 0. The number of benzene rings is 1. The molecule has 1 atom stereocenters. The molecule has 6 rings (SSSR count). The largest absolute Gasteiger partial charge is 0.487 e. The molecular weight excluding hydrogens is 456 g/mol. The first-order chi connectivity index (χ1) is 16.4. The number of amides is 1. The molecular formula is C24H26N4O5S. The third-order valence-electron chi connectivity index (χ3n) is 7.16. The molecule has 4 aliphatic rings. The molecule has 0 saturated carbocycles. The second-order valence-corrected chi connectivity index (χ2v) is 11.2. The smallest absolute Gasteiger partial charge is 0.243 e. The lowest BCUT2D eigenvalue weighted by molar-refractivity contribution is -0.144. The first kappa shape index (κ1) is 21.6. The normalized spacial score (nSPS) is 24.4. The monoisotopic (exact) mass is 482 g/mol. The van der Waals surface area contributed by atoms with Crippen molar-refractivity contribution in [2.75, 3.05) is 44.2 Å². The predicted octanol–water partition coefficient (Wildman–Crippen LogP) is 1.68. The Morgan fingerprint density at radius 2 is 1.82 bits per heavy atom. The van der Waals surface area contributed by atoms with Gasteiger partial charge in [0, 0.05) is 36.7 Å². The molecule has 178 valence electrons. The molecule has 1 unspecified atom stereocenters. The van der Waals surface area contributed by atoms with E-state index < -0.39 is 21.9 Å². The number of para-hydroxylation sites is 1. The lowest BCUT2D eigenvalue weighted by atomic mass is 9.91. The van der Waals surface area contributed by atoms with Crippen molar-refractivity contribution in [3.05, 3.63) is 59.3 Å². The van der Waals surface area contributed by atoms with E-state index in [1.165, 1.54) is 4.31 Å². The molecule has 3 saturated heterocycles. The number of aromatic nitrogens is 1. The number of sulfonamides is 1. The predicted molar refractivity (Wildman–Crippen MR) is 125 cm³/mol. The van der Waals surface area contributed by atoms with E-state index in [1.54, 1.807) is 23.4 Å². The Bertz CT molecular complexity index is 1240. The van der Waals surface area contributed by atoms with Crippen LogP contribution in [0.3, 0.4) is 0 Å². The van der Waals surface area contributed by atoms with E-state index in [2.05, 4.69) is 9.88 Å². The van der Waals surface area contributed by atoms with Crippen molar-refractivity contribution in [3.8, 4) is 5.75 Å². The van der Waals surface area contributed by atoms with Crippen LogP contribution in [0.15, 0.2) is 53.7 Å². The number of rotatable bonds is 3. The number of ether oxygens (including phenoxy) is 2. The Morgan fingerprint density at radius 1 is 1.06 bits per heavy atom. The molecule has 2 aromatic rings. The van der Waals surface area contributed by atoms with E-state index in [4.69, 9.17) is 9.47 Å². The standard InChI is InChI=1S/C24H26N4O5S/c29-22-14-27(34(30,31)20-13-18-3-1-2-4-21(18)32-16-20)15-23-28(22)17-24(33-23)7-11-26(12-8-24)19-5-9-25-10-6-19/h1-6,9-10,13,23H,7-8,11-12,14-17H2. The Labute approximate surface area is 198 Å². The molecule has 34 heavy (non-hydrogen) atoms. The van der Waals surface area contributed by atoms with Gasteiger partial charge in [-0.1, -0.05) is 18.2 Å². The highest BCUT2D eigenvalue weighted by atomic mass is 32.2. The average molecular weight is 483 g/mol. The minimum absolute atomic E-state index is 0.0476. The van der Waals surface area contributed by atoms with Gasteiger partial charge in [-0.25, -0.2) is 8.42 Å². The summed E-state index contributed by atoms with van der Waals surface area (Å²) in [4.78, 5) is 21.2. The quantitative estimate of drug-likeness (QED) is 0.657. The molecule has 0 radical (unpaired) electrons. The van der Waals surface area contributed by atoms with Crippen molar-refractivity contribution >= 4 is 27.7 Å². The highest BCUT2D eigenvalue weighted by Gasteiger charge is 2.52. The molecule has 3 fully saturated rings. The van der Waals surface area contributed by atoms with Crippen LogP contribution in [0.25, 0.3) is 6.08 Å². The van der Waals surface area contributed by atoms with E-state index in [0.29, 0.717) is 17.9 Å². The number of nitrogens with zero attached hydrogens (tertiary/aromatic N) is 4. The van der Waals surface area contributed by atoms with Crippen LogP contribution in [0.2, 0.25) is 0 Å². The summed E-state index contributed by atoms with van der Waals surface area (Å²) in [7, 11) is -3.86. The molecule has 4 aliphatic heterocycles. The minimum atomic E-state index is -3.86. The second kappa shape index (κ2) is 8.07. The van der Waals surface area contributed by atoms with Crippen LogP contribution in [0, 0.1) is 0 Å². The number of piperidine rings is 1. The zero-order chi connectivity index (χ0) is 23.3. The molecule has 1 spiro atoms. The van der Waals surface area contributed by atoms with Crippen molar-refractivity contribution in [2.45, 2.75) is 24.7 Å². The van der Waals surface area contributed by atoms with E-state index in [1.807, 2.05) is 36.4 Å². The van der Waals surface area contributed by atoms with Crippen LogP contribution in [-0.4, -0.2) is 79.7 Å². The van der Waals surface area contributed by atoms with Gasteiger partial charge in [-0.2, -0.15) is 4.31 Å². The molecule has 10 heteroatoms. The van der Waals surface area contributed by atoms with Crippen LogP contribution in [-0.2, 0) is 19.6 Å². The Morgan fingerprint density at radius 3 is 2.62 bits per heavy atom. The van der Waals surface area contributed by atoms with E-state index >= 15 is 0 Å². The molecule has 1 aromatic heterocycles. The number of pyridine rings is 1. The van der Waals surface area contributed by atoms with Crippen LogP contribution in [0.5, 0.6) is 5.75 Å². The van der Waals surface area contributed by atoms with Crippen LogP contribution >= 0.6 is 0 Å². The maximum absolute atomic E-state index is 13.4. The van der Waals surface area contributed by atoms with E-state index in [-0.39, 0.29) is 30.5 Å². The topological polar surface area (TPSA) is 92.3 Å². The highest BCUT2D eigenvalue weighted by Crippen LogP contribution is 2.39. The fraction of sp³-hybridized carbons (Fsp3) is 0.417. The average Bonchev–Trinajstić information content (AvgIpc) is 3.23. The van der Waals surface area contributed by atoms with Crippen molar-refractivity contribution in [3.63, 3.8) is 0 Å². The van der Waals surface area contributed by atoms with Gasteiger partial charge in [0.25, 0.3) is 0 Å². The number of piperazine rings is 1. The highest BCUT2D eigenvalue weighted by molar-refractivity contribution is 7.93. The van der Waals surface area contributed by atoms with Gasteiger partial charge in [0.2, 0.25) is 15.9 Å². The Hall–Kier alpha value is -2.95. The van der Waals surface area contributed by atoms with Crippen molar-refractivity contribution in [1.82, 2.24) is 14.2 Å². The third-order valence-corrected chi connectivity index (χ3v) is 9.02. The first-order valence-corrected chi connectivity index (χ1v) is 12.9. The van der Waals surface area contributed by atoms with Gasteiger partial charge in [-0.3, -0.25) is 9.78 Å². The van der Waals surface area contributed by atoms with Crippen molar-refractivity contribution in [2.24, 2.45) is 0 Å². The maximum Gasteiger partial charge on any atom is 0.243 e. The molecule has 1 aromatic carbocycles. The number of fused-ring (bicyclic) bond motifs is 2. The van der Waals surface area contributed by atoms with E-state index in [9.17, 15) is 13.2 Å². The van der Waals surface area contributed by atoms with Crippen molar-refractivity contribution < 1.29 is 22.7 Å². The van der Waals surface area contributed by atoms with Crippen LogP contribution < -0.4 is 9.64 Å². The zero-order valence-electron chi connectivity index (χ0n) is 18.7. The number of hydrogen-bond acceptors (Lipinski definition) is 7. The van der Waals surface area contributed by atoms with Gasteiger partial charge in [-0.05, 0) is 37.1 Å². The van der Waals surface area contributed by atoms with Crippen LogP contribution in [0.4, 0.5) is 5.69 Å². The Balaban J connectivity index is 1.17. The van der Waals surface area contributed by atoms with Gasteiger partial charge in [-0.15, -0.1) is 0 Å². The number of hydrogen-bond donors (Lipinski definition) is 0. The Kier molecular flexibility index (Phi) is 5.12.